The number of aromatic amines is 1. The molecule has 1 aromatic heterocycles. The maximum absolute atomic E-state index is 12.2. The molecule has 2 N–H and O–H groups in total. The number of nitrogens with one attached hydrogen (secondary N) is 2. The highest BCUT2D eigenvalue weighted by atomic mass is 16.2. The molecule has 1 aromatic rings. The second-order valence-electron chi connectivity index (χ2n) is 5.05. The second-order valence-corrected chi connectivity index (χ2v) is 5.05. The van der Waals surface area contributed by atoms with Gasteiger partial charge in [-0.25, -0.2) is 0 Å². The summed E-state index contributed by atoms with van der Waals surface area (Å²) in [5, 5.41) is 2.62. The van der Waals surface area contributed by atoms with Crippen molar-refractivity contribution >= 4 is 11.8 Å². The normalized spacial score (nSPS) is 22.3. The Morgan fingerprint density at radius 3 is 2.79 bits per heavy atom. The number of H-pyrrole nitrogens is 1. The molecule has 0 bridgehead atoms. The first-order valence-corrected chi connectivity index (χ1v) is 6.17. The average molecular weight is 263 g/mol. The zero-order valence-electron chi connectivity index (χ0n) is 11.0. The van der Waals surface area contributed by atoms with E-state index in [-0.39, 0.29) is 23.1 Å². The maximum atomic E-state index is 12.2. The van der Waals surface area contributed by atoms with Gasteiger partial charge in [0.25, 0.3) is 5.91 Å². The number of hydrogen-bond donors (Lipinski definition) is 2. The lowest BCUT2D eigenvalue weighted by Gasteiger charge is -2.22. The van der Waals surface area contributed by atoms with Crippen molar-refractivity contribution in [2.75, 3.05) is 20.1 Å². The lowest BCUT2D eigenvalue weighted by molar-refractivity contribution is -0.128. The van der Waals surface area contributed by atoms with Gasteiger partial charge in [-0.2, -0.15) is 0 Å². The fourth-order valence-electron chi connectivity index (χ4n) is 2.36. The van der Waals surface area contributed by atoms with Crippen LogP contribution in [0.2, 0.25) is 0 Å². The van der Waals surface area contributed by atoms with E-state index in [4.69, 9.17) is 0 Å². The molecule has 0 saturated carbocycles. The number of likely N-dealkylation sites (tertiary alicyclic amines) is 1. The third kappa shape index (κ3) is 2.52. The molecule has 2 heterocycles. The highest BCUT2D eigenvalue weighted by Crippen LogP contribution is 2.30. The molecule has 0 spiro atoms. The summed E-state index contributed by atoms with van der Waals surface area (Å²) in [6, 6.07) is 4.47. The molecule has 0 aromatic carbocycles. The summed E-state index contributed by atoms with van der Waals surface area (Å²) in [5.41, 5.74) is -0.604. The molecule has 0 radical (unpaired) electrons. The fourth-order valence-corrected chi connectivity index (χ4v) is 2.36. The molecule has 1 unspecified atom stereocenters. The van der Waals surface area contributed by atoms with Crippen molar-refractivity contribution in [3.05, 3.63) is 34.2 Å². The number of amides is 2. The summed E-state index contributed by atoms with van der Waals surface area (Å²) in [5.74, 6) is -0.310. The standard InChI is InChI=1S/C13H17N3O3/c1-13(12(19)14-2)6-7-16(8-13)11(18)9-4-3-5-10(17)15-9/h3-5H,6-8H2,1-2H3,(H,14,19)(H,15,17). The van der Waals surface area contributed by atoms with E-state index < -0.39 is 5.41 Å². The van der Waals surface area contributed by atoms with E-state index in [1.54, 1.807) is 24.1 Å². The highest BCUT2D eigenvalue weighted by molar-refractivity contribution is 5.93. The third-order valence-corrected chi connectivity index (χ3v) is 3.53. The summed E-state index contributed by atoms with van der Waals surface area (Å²) in [6.07, 6.45) is 0.621. The summed E-state index contributed by atoms with van der Waals surface area (Å²) in [6.45, 7) is 2.72. The summed E-state index contributed by atoms with van der Waals surface area (Å²) in [4.78, 5) is 39.3. The van der Waals surface area contributed by atoms with Crippen molar-refractivity contribution in [2.24, 2.45) is 5.41 Å². The first-order valence-electron chi connectivity index (χ1n) is 6.17. The van der Waals surface area contributed by atoms with Gasteiger partial charge in [0.2, 0.25) is 11.5 Å². The highest BCUT2D eigenvalue weighted by Gasteiger charge is 2.41. The molecule has 1 atom stereocenters. The molecule has 2 rings (SSSR count). The molecule has 19 heavy (non-hydrogen) atoms. The van der Waals surface area contributed by atoms with Crippen LogP contribution < -0.4 is 10.9 Å². The Hall–Kier alpha value is -2.11. The number of nitrogens with zero attached hydrogens (tertiary/aromatic N) is 1. The van der Waals surface area contributed by atoms with Crippen LogP contribution >= 0.6 is 0 Å². The fraction of sp³-hybridized carbons (Fsp3) is 0.462. The lowest BCUT2D eigenvalue weighted by atomic mass is 9.89. The Bertz CT molecular complexity index is 566. The molecule has 1 saturated heterocycles. The van der Waals surface area contributed by atoms with Crippen molar-refractivity contribution < 1.29 is 9.59 Å². The summed E-state index contributed by atoms with van der Waals surface area (Å²) < 4.78 is 0. The molecular weight excluding hydrogens is 246 g/mol. The van der Waals surface area contributed by atoms with Crippen molar-refractivity contribution in [1.29, 1.82) is 0 Å². The number of pyridine rings is 1. The van der Waals surface area contributed by atoms with Gasteiger partial charge in [-0.1, -0.05) is 6.07 Å². The van der Waals surface area contributed by atoms with Gasteiger partial charge in [0, 0.05) is 26.2 Å². The first-order chi connectivity index (χ1) is 8.96. The van der Waals surface area contributed by atoms with E-state index in [0.29, 0.717) is 19.5 Å². The number of rotatable bonds is 2. The number of carbonyl (C=O) groups is 2. The molecule has 0 aliphatic carbocycles. The van der Waals surface area contributed by atoms with Crippen LogP contribution in [0.3, 0.4) is 0 Å². The zero-order valence-corrected chi connectivity index (χ0v) is 11.0. The number of aromatic nitrogens is 1. The summed E-state index contributed by atoms with van der Waals surface area (Å²) in [7, 11) is 1.59. The predicted octanol–water partition coefficient (Wildman–Crippen LogP) is -0.0269. The van der Waals surface area contributed by atoms with Gasteiger partial charge in [-0.3, -0.25) is 14.4 Å². The molecule has 2 amide bonds. The van der Waals surface area contributed by atoms with E-state index in [9.17, 15) is 14.4 Å². The minimum Gasteiger partial charge on any atom is -0.359 e. The van der Waals surface area contributed by atoms with Crippen LogP contribution in [0.5, 0.6) is 0 Å². The Labute approximate surface area is 110 Å². The van der Waals surface area contributed by atoms with Crippen molar-refractivity contribution in [3.63, 3.8) is 0 Å². The Kier molecular flexibility index (Phi) is 3.42. The predicted molar refractivity (Wildman–Crippen MR) is 69.8 cm³/mol. The van der Waals surface area contributed by atoms with E-state index in [1.807, 2.05) is 6.92 Å². The maximum Gasteiger partial charge on any atom is 0.270 e. The number of carbonyl (C=O) groups excluding carboxylic acids is 2. The smallest absolute Gasteiger partial charge is 0.270 e. The Morgan fingerprint density at radius 1 is 1.42 bits per heavy atom. The minimum atomic E-state index is -0.556. The average Bonchev–Trinajstić information content (AvgIpc) is 2.81. The molecule has 6 heteroatoms. The largest absolute Gasteiger partial charge is 0.359 e. The topological polar surface area (TPSA) is 82.3 Å². The van der Waals surface area contributed by atoms with Gasteiger partial charge in [-0.05, 0) is 19.4 Å². The molecule has 6 nitrogen and oxygen atoms in total. The first kappa shape index (κ1) is 13.3. The van der Waals surface area contributed by atoms with Crippen molar-refractivity contribution in [3.8, 4) is 0 Å². The van der Waals surface area contributed by atoms with Gasteiger partial charge in [-0.15, -0.1) is 0 Å². The molecular formula is C13H17N3O3. The SMILES string of the molecule is CNC(=O)C1(C)CCN(C(=O)c2cccc(=O)[nH]2)C1. The van der Waals surface area contributed by atoms with Crippen LogP contribution in [-0.2, 0) is 4.79 Å². The Morgan fingerprint density at radius 2 is 2.16 bits per heavy atom. The van der Waals surface area contributed by atoms with Crippen molar-refractivity contribution in [1.82, 2.24) is 15.2 Å². The van der Waals surface area contributed by atoms with Crippen LogP contribution in [0, 0.1) is 5.41 Å². The quantitative estimate of drug-likeness (QED) is 0.786. The minimum absolute atomic E-state index is 0.0654. The van der Waals surface area contributed by atoms with Crippen LogP contribution in [0.1, 0.15) is 23.8 Å². The van der Waals surface area contributed by atoms with Gasteiger partial charge in [0.05, 0.1) is 5.41 Å². The molecule has 1 aliphatic heterocycles. The molecule has 102 valence electrons. The number of hydrogen-bond acceptors (Lipinski definition) is 3. The van der Waals surface area contributed by atoms with Crippen LogP contribution in [0.4, 0.5) is 0 Å². The van der Waals surface area contributed by atoms with Gasteiger partial charge in [0.1, 0.15) is 5.69 Å². The van der Waals surface area contributed by atoms with Crippen molar-refractivity contribution in [2.45, 2.75) is 13.3 Å². The summed E-state index contributed by atoms with van der Waals surface area (Å²) >= 11 is 0. The van der Waals surface area contributed by atoms with E-state index in [0.717, 1.165) is 0 Å². The molecule has 1 fully saturated rings. The van der Waals surface area contributed by atoms with Crippen LogP contribution in [0.25, 0.3) is 0 Å². The Balaban J connectivity index is 2.15. The van der Waals surface area contributed by atoms with Gasteiger partial charge in [0.15, 0.2) is 0 Å². The van der Waals surface area contributed by atoms with E-state index in [1.165, 1.54) is 6.07 Å². The van der Waals surface area contributed by atoms with Gasteiger partial charge < -0.3 is 15.2 Å². The monoisotopic (exact) mass is 263 g/mol. The van der Waals surface area contributed by atoms with E-state index in [2.05, 4.69) is 10.3 Å². The van der Waals surface area contributed by atoms with Crippen LogP contribution in [0.15, 0.2) is 23.0 Å². The molecule has 1 aliphatic rings. The second kappa shape index (κ2) is 4.87. The third-order valence-electron chi connectivity index (χ3n) is 3.53. The van der Waals surface area contributed by atoms with Crippen LogP contribution in [-0.4, -0.2) is 41.8 Å². The van der Waals surface area contributed by atoms with E-state index >= 15 is 0 Å². The zero-order chi connectivity index (χ0) is 14.0. The lowest BCUT2D eigenvalue weighted by Crippen LogP contribution is -2.40. The van der Waals surface area contributed by atoms with Gasteiger partial charge >= 0.3 is 0 Å².